The summed E-state index contributed by atoms with van der Waals surface area (Å²) < 4.78 is 30.6. The van der Waals surface area contributed by atoms with Crippen LogP contribution in [0.5, 0.6) is 11.5 Å². The maximum Gasteiger partial charge on any atom is 0.387 e. The van der Waals surface area contributed by atoms with E-state index in [1.165, 1.54) is 11.0 Å². The van der Waals surface area contributed by atoms with E-state index in [-0.39, 0.29) is 48.1 Å². The number of likely N-dealkylation sites (tertiary alicyclic amines) is 1. The average Bonchev–Trinajstić information content (AvgIpc) is 3.19. The smallest absolute Gasteiger partial charge is 0.387 e. The Morgan fingerprint density at radius 2 is 2.11 bits per heavy atom. The van der Waals surface area contributed by atoms with E-state index in [0.717, 1.165) is 22.3 Å². The van der Waals surface area contributed by atoms with Gasteiger partial charge < -0.3 is 20.1 Å². The van der Waals surface area contributed by atoms with Crippen molar-refractivity contribution in [3.8, 4) is 11.5 Å². The molecule has 3 atom stereocenters. The summed E-state index contributed by atoms with van der Waals surface area (Å²) in [7, 11) is 0. The Bertz CT molecular complexity index is 1390. The molecule has 200 valence electrons. The number of amides is 2. The molecule has 1 aliphatic carbocycles. The first-order valence-electron chi connectivity index (χ1n) is 12.8. The zero-order valence-corrected chi connectivity index (χ0v) is 21.2. The number of carbonyl (C=O) groups is 2. The molecule has 5 rings (SSSR count). The second-order valence-corrected chi connectivity index (χ2v) is 10.3. The van der Waals surface area contributed by atoms with E-state index in [2.05, 4.69) is 21.6 Å². The van der Waals surface area contributed by atoms with E-state index < -0.39 is 12.0 Å². The van der Waals surface area contributed by atoms with Crippen LogP contribution in [0, 0.1) is 11.3 Å². The van der Waals surface area contributed by atoms with Gasteiger partial charge in [-0.1, -0.05) is 25.1 Å². The second-order valence-electron chi connectivity index (χ2n) is 10.3. The first-order chi connectivity index (χ1) is 18.2. The number of aromatic amines is 1. The number of phenolic OH excluding ortho intramolecular Hbond substituents is 1. The number of aromatic hydroxyl groups is 1. The Morgan fingerprint density at radius 3 is 2.84 bits per heavy atom. The summed E-state index contributed by atoms with van der Waals surface area (Å²) in [5, 5.41) is 14.2. The Hall–Kier alpha value is -3.72. The molecular weight excluding hydrogens is 492 g/mol. The molecule has 0 radical (unpaired) electrons. The van der Waals surface area contributed by atoms with Crippen molar-refractivity contribution < 1.29 is 28.2 Å². The van der Waals surface area contributed by atoms with Gasteiger partial charge in [0, 0.05) is 48.6 Å². The summed E-state index contributed by atoms with van der Waals surface area (Å²) in [6.45, 7) is 3.89. The van der Waals surface area contributed by atoms with E-state index in [4.69, 9.17) is 0 Å². The topological polar surface area (TPSA) is 94.7 Å². The Morgan fingerprint density at radius 1 is 1.29 bits per heavy atom. The lowest BCUT2D eigenvalue weighted by molar-refractivity contribution is -0.151. The molecule has 1 unspecified atom stereocenters. The van der Waals surface area contributed by atoms with Gasteiger partial charge in [0.15, 0.2) is 0 Å². The molecule has 2 aromatic carbocycles. The van der Waals surface area contributed by atoms with Crippen molar-refractivity contribution in [3.05, 3.63) is 71.9 Å². The number of nitrogens with zero attached hydrogens (tertiary/aromatic N) is 1. The zero-order chi connectivity index (χ0) is 27.0. The zero-order valence-electron chi connectivity index (χ0n) is 21.2. The van der Waals surface area contributed by atoms with Gasteiger partial charge in [0.05, 0.1) is 5.41 Å². The highest BCUT2D eigenvalue weighted by Gasteiger charge is 2.54. The molecule has 3 N–H and O–H groups in total. The fourth-order valence-corrected chi connectivity index (χ4v) is 6.24. The maximum absolute atomic E-state index is 14.2. The molecule has 9 heteroatoms. The van der Waals surface area contributed by atoms with Gasteiger partial charge in [-0.2, -0.15) is 8.78 Å². The van der Waals surface area contributed by atoms with Crippen molar-refractivity contribution >= 4 is 22.7 Å². The first kappa shape index (κ1) is 25.9. The third-order valence-electron chi connectivity index (χ3n) is 7.95. The van der Waals surface area contributed by atoms with Crippen molar-refractivity contribution in [1.29, 1.82) is 0 Å². The summed E-state index contributed by atoms with van der Waals surface area (Å²) in [5.41, 5.74) is 2.32. The standard InChI is InChI=1S/C29H31F2N3O4/c1-3-11-32-12-13-34-24(36)10-8-22-25(17-5-4-6-18(35)14-17)26-21(16-29(22,2)27(34)37)20-15-19(38-28(30)31)7-9-23(20)33-26/h3-7,9,14-15,22,25,28,32-33,35H,1,8,10-13,16H2,2H3/t22?,25-,29+/m0/s1. The lowest BCUT2D eigenvalue weighted by atomic mass is 9.59. The maximum atomic E-state index is 14.2. The molecule has 1 aromatic heterocycles. The molecule has 2 heterocycles. The average molecular weight is 524 g/mol. The van der Waals surface area contributed by atoms with Crippen LogP contribution in [0.1, 0.15) is 42.5 Å². The lowest BCUT2D eigenvalue weighted by Gasteiger charge is -2.45. The second kappa shape index (κ2) is 10.2. The van der Waals surface area contributed by atoms with Gasteiger partial charge in [0.25, 0.3) is 0 Å². The van der Waals surface area contributed by atoms with Gasteiger partial charge in [0.2, 0.25) is 11.8 Å². The van der Waals surface area contributed by atoms with Crippen molar-refractivity contribution in [2.75, 3.05) is 19.6 Å². The molecule has 2 amide bonds. The number of aromatic nitrogens is 1. The van der Waals surface area contributed by atoms with Gasteiger partial charge >= 0.3 is 6.61 Å². The predicted molar refractivity (Wildman–Crippen MR) is 139 cm³/mol. The predicted octanol–water partition coefficient (Wildman–Crippen LogP) is 4.71. The minimum atomic E-state index is -2.96. The molecular formula is C29H31F2N3O4. The molecule has 1 fully saturated rings. The van der Waals surface area contributed by atoms with E-state index in [0.29, 0.717) is 31.3 Å². The molecule has 38 heavy (non-hydrogen) atoms. The van der Waals surface area contributed by atoms with Crippen LogP contribution in [0.25, 0.3) is 10.9 Å². The van der Waals surface area contributed by atoms with Crippen LogP contribution in [0.3, 0.4) is 0 Å². The third kappa shape index (κ3) is 4.55. The van der Waals surface area contributed by atoms with Gasteiger partial charge in [-0.05, 0) is 60.2 Å². The fraction of sp³-hybridized carbons (Fsp3) is 0.379. The van der Waals surface area contributed by atoms with Crippen LogP contribution in [0.2, 0.25) is 0 Å². The SMILES string of the molecule is C=CCNCCN1C(=O)CCC2[C@H](c3cccc(O)c3)c3[nH]c4ccc(OC(F)F)cc4c3C[C@@]2(C)C1=O. The normalized spacial score (nSPS) is 23.3. The van der Waals surface area contributed by atoms with Crippen LogP contribution in [0.4, 0.5) is 8.78 Å². The number of imide groups is 1. The number of fused-ring (bicyclic) bond motifs is 4. The quantitative estimate of drug-likeness (QED) is 0.226. The monoisotopic (exact) mass is 523 g/mol. The van der Waals surface area contributed by atoms with Gasteiger partial charge in [0.1, 0.15) is 11.5 Å². The molecule has 1 aliphatic heterocycles. The van der Waals surface area contributed by atoms with E-state index in [9.17, 15) is 23.5 Å². The van der Waals surface area contributed by atoms with E-state index in [1.54, 1.807) is 36.4 Å². The molecule has 0 spiro atoms. The Kier molecular flexibility index (Phi) is 6.96. The number of benzene rings is 2. The summed E-state index contributed by atoms with van der Waals surface area (Å²) in [6, 6.07) is 11.7. The highest BCUT2D eigenvalue weighted by Crippen LogP contribution is 2.55. The lowest BCUT2D eigenvalue weighted by Crippen LogP contribution is -2.51. The molecule has 1 saturated heterocycles. The number of ether oxygens (including phenoxy) is 1. The van der Waals surface area contributed by atoms with E-state index in [1.807, 2.05) is 13.0 Å². The van der Waals surface area contributed by atoms with Crippen LogP contribution in [-0.4, -0.2) is 53.1 Å². The number of halogens is 2. The summed E-state index contributed by atoms with van der Waals surface area (Å²) in [5.74, 6) is -0.862. The molecule has 0 bridgehead atoms. The highest BCUT2D eigenvalue weighted by atomic mass is 19.3. The van der Waals surface area contributed by atoms with Gasteiger partial charge in [-0.15, -0.1) is 6.58 Å². The largest absolute Gasteiger partial charge is 0.508 e. The van der Waals surface area contributed by atoms with Crippen molar-refractivity contribution in [2.24, 2.45) is 11.3 Å². The summed E-state index contributed by atoms with van der Waals surface area (Å²) >= 11 is 0. The number of rotatable bonds is 8. The van der Waals surface area contributed by atoms with Crippen LogP contribution in [0.15, 0.2) is 55.1 Å². The molecule has 0 saturated carbocycles. The number of nitrogens with one attached hydrogen (secondary N) is 2. The first-order valence-corrected chi connectivity index (χ1v) is 12.8. The Balaban J connectivity index is 1.64. The van der Waals surface area contributed by atoms with Crippen molar-refractivity contribution in [1.82, 2.24) is 15.2 Å². The number of hydrogen-bond acceptors (Lipinski definition) is 5. The Labute approximate surface area is 219 Å². The highest BCUT2D eigenvalue weighted by molar-refractivity contribution is 6.00. The molecule has 7 nitrogen and oxygen atoms in total. The number of alkyl halides is 2. The number of hydrogen-bond donors (Lipinski definition) is 3. The van der Waals surface area contributed by atoms with Crippen LogP contribution < -0.4 is 10.1 Å². The van der Waals surface area contributed by atoms with Gasteiger partial charge in [-0.3, -0.25) is 14.5 Å². The minimum absolute atomic E-state index is 0.0350. The van der Waals surface area contributed by atoms with Crippen LogP contribution >= 0.6 is 0 Å². The summed E-state index contributed by atoms with van der Waals surface area (Å²) in [4.78, 5) is 32.2. The molecule has 3 aromatic rings. The molecule has 2 aliphatic rings. The number of phenols is 1. The third-order valence-corrected chi connectivity index (χ3v) is 7.95. The van der Waals surface area contributed by atoms with Gasteiger partial charge in [-0.25, -0.2) is 0 Å². The fourth-order valence-electron chi connectivity index (χ4n) is 6.24. The minimum Gasteiger partial charge on any atom is -0.508 e. The number of carbonyl (C=O) groups excluding carboxylic acids is 2. The summed E-state index contributed by atoms with van der Waals surface area (Å²) in [6.07, 6.45) is 2.77. The van der Waals surface area contributed by atoms with Crippen LogP contribution in [-0.2, 0) is 16.0 Å². The van der Waals surface area contributed by atoms with E-state index >= 15 is 0 Å². The van der Waals surface area contributed by atoms with Crippen molar-refractivity contribution in [2.45, 2.75) is 38.7 Å². The number of H-pyrrole nitrogens is 1. The van der Waals surface area contributed by atoms with Crippen molar-refractivity contribution in [3.63, 3.8) is 0 Å².